The van der Waals surface area contributed by atoms with Gasteiger partial charge >= 0.3 is 0 Å². The van der Waals surface area contributed by atoms with Gasteiger partial charge in [0.05, 0.1) is 10.4 Å². The van der Waals surface area contributed by atoms with E-state index >= 15 is 0 Å². The van der Waals surface area contributed by atoms with Crippen LogP contribution in [-0.2, 0) is 0 Å². The lowest BCUT2D eigenvalue weighted by atomic mass is 10.0. The van der Waals surface area contributed by atoms with Gasteiger partial charge in [-0.1, -0.05) is 158 Å². The second kappa shape index (κ2) is 13.8. The molecule has 0 atom stereocenters. The average molecular weight is 745 g/mol. The highest BCUT2D eigenvalue weighted by molar-refractivity contribution is 7.27. The van der Waals surface area contributed by atoms with Crippen LogP contribution in [0.3, 0.4) is 0 Å². The second-order valence-electron chi connectivity index (χ2n) is 14.6. The Labute approximate surface area is 335 Å². The van der Waals surface area contributed by atoms with E-state index < -0.39 is 0 Å². The van der Waals surface area contributed by atoms with Gasteiger partial charge in [0.25, 0.3) is 0 Å². The summed E-state index contributed by atoms with van der Waals surface area (Å²) in [4.78, 5) is 4.88. The summed E-state index contributed by atoms with van der Waals surface area (Å²) >= 11 is 1.89. The molecular formula is C54H36N2S. The van der Waals surface area contributed by atoms with Crippen molar-refractivity contribution in [2.24, 2.45) is 0 Å². The Bertz CT molecular complexity index is 3240. The Balaban J connectivity index is 1.22. The van der Waals surface area contributed by atoms with Gasteiger partial charge in [-0.3, -0.25) is 0 Å². The first-order valence-electron chi connectivity index (χ1n) is 19.4. The molecule has 11 aromatic rings. The Morgan fingerprint density at radius 3 is 1.46 bits per heavy atom. The smallest absolute Gasteiger partial charge is 0.0661 e. The lowest BCUT2D eigenvalue weighted by Gasteiger charge is -2.30. The molecule has 10 aromatic carbocycles. The van der Waals surface area contributed by atoms with Crippen LogP contribution in [0.1, 0.15) is 0 Å². The third-order valence-corrected chi connectivity index (χ3v) is 12.4. The van der Waals surface area contributed by atoms with Crippen molar-refractivity contribution in [1.82, 2.24) is 0 Å². The molecule has 1 heterocycles. The highest BCUT2D eigenvalue weighted by atomic mass is 32.1. The molecule has 0 fully saturated rings. The van der Waals surface area contributed by atoms with E-state index in [9.17, 15) is 0 Å². The summed E-state index contributed by atoms with van der Waals surface area (Å²) in [5, 5.41) is 9.90. The number of nitrogens with zero attached hydrogens (tertiary/aromatic N) is 2. The number of hydrogen-bond donors (Lipinski definition) is 0. The van der Waals surface area contributed by atoms with Gasteiger partial charge < -0.3 is 9.80 Å². The van der Waals surface area contributed by atoms with Crippen molar-refractivity contribution >= 4 is 98.0 Å². The first-order chi connectivity index (χ1) is 28.2. The molecule has 3 heteroatoms. The van der Waals surface area contributed by atoms with Crippen molar-refractivity contribution in [3.05, 3.63) is 218 Å². The third kappa shape index (κ3) is 5.88. The van der Waals surface area contributed by atoms with Crippen molar-refractivity contribution in [3.63, 3.8) is 0 Å². The predicted molar refractivity (Wildman–Crippen MR) is 247 cm³/mol. The number of thiophene rings is 1. The Morgan fingerprint density at radius 2 is 0.772 bits per heavy atom. The highest BCUT2D eigenvalue weighted by Crippen LogP contribution is 2.50. The Hall–Kier alpha value is -7.20. The summed E-state index contributed by atoms with van der Waals surface area (Å²) in [6.07, 6.45) is 0. The molecule has 0 saturated heterocycles. The molecule has 0 aliphatic carbocycles. The minimum atomic E-state index is 1.09. The zero-order valence-corrected chi connectivity index (χ0v) is 31.9. The van der Waals surface area contributed by atoms with Gasteiger partial charge in [-0.05, 0) is 104 Å². The lowest BCUT2D eigenvalue weighted by Crippen LogP contribution is -2.13. The van der Waals surface area contributed by atoms with Gasteiger partial charge in [-0.2, -0.15) is 0 Å². The number of para-hydroxylation sites is 1. The van der Waals surface area contributed by atoms with E-state index in [0.717, 1.165) is 34.1 Å². The van der Waals surface area contributed by atoms with Gasteiger partial charge in [0.2, 0.25) is 0 Å². The van der Waals surface area contributed by atoms with Crippen molar-refractivity contribution in [2.75, 3.05) is 9.80 Å². The van der Waals surface area contributed by atoms with Crippen LogP contribution in [0.4, 0.5) is 34.1 Å². The van der Waals surface area contributed by atoms with Crippen LogP contribution < -0.4 is 9.80 Å². The number of fused-ring (bicyclic) bond motifs is 7. The number of benzene rings is 10. The van der Waals surface area contributed by atoms with Gasteiger partial charge in [0, 0.05) is 43.9 Å². The Kier molecular flexibility index (Phi) is 8.04. The molecule has 0 N–H and O–H groups in total. The molecule has 1 aromatic heterocycles. The molecule has 0 spiro atoms. The maximum atomic E-state index is 2.45. The lowest BCUT2D eigenvalue weighted by molar-refractivity contribution is 1.27. The summed E-state index contributed by atoms with van der Waals surface area (Å²) in [5.41, 5.74) is 9.05. The third-order valence-electron chi connectivity index (χ3n) is 11.2. The molecule has 0 unspecified atom stereocenters. The van der Waals surface area contributed by atoms with Crippen LogP contribution in [0.15, 0.2) is 218 Å². The summed E-state index contributed by atoms with van der Waals surface area (Å²) in [5.74, 6) is 0. The predicted octanol–water partition coefficient (Wildman–Crippen LogP) is 16.1. The van der Waals surface area contributed by atoms with Crippen molar-refractivity contribution in [1.29, 1.82) is 0 Å². The van der Waals surface area contributed by atoms with Crippen LogP contribution >= 0.6 is 11.3 Å². The Morgan fingerprint density at radius 1 is 0.263 bits per heavy atom. The summed E-state index contributed by atoms with van der Waals surface area (Å²) in [6, 6.07) is 79.6. The van der Waals surface area contributed by atoms with Crippen molar-refractivity contribution in [2.45, 2.75) is 0 Å². The molecule has 11 rings (SSSR count). The number of rotatable bonds is 7. The standard InChI is InChI=1S/C54H36N2S/c1-3-13-37(14-4-1)40-23-28-45(29-24-40)55(46-30-25-38-15-7-9-18-42(38)33-46)48-35-51-50-32-27-41-17-11-12-22-49(41)53(50)57-54(51)52(36-48)56(44-20-5-2-6-21-44)47-31-26-39-16-8-10-19-43(39)34-47/h1-36H. The molecular weight excluding hydrogens is 709 g/mol. The monoisotopic (exact) mass is 744 g/mol. The fourth-order valence-electron chi connectivity index (χ4n) is 8.39. The van der Waals surface area contributed by atoms with E-state index in [4.69, 9.17) is 0 Å². The molecule has 0 saturated carbocycles. The topological polar surface area (TPSA) is 6.48 Å². The zero-order chi connectivity index (χ0) is 37.7. The van der Waals surface area contributed by atoms with E-state index in [1.165, 1.54) is 63.6 Å². The van der Waals surface area contributed by atoms with Crippen LogP contribution in [-0.4, -0.2) is 0 Å². The van der Waals surface area contributed by atoms with E-state index in [1.807, 2.05) is 11.3 Å². The maximum absolute atomic E-state index is 2.45. The normalized spacial score (nSPS) is 11.5. The minimum absolute atomic E-state index is 1.09. The maximum Gasteiger partial charge on any atom is 0.0661 e. The summed E-state index contributed by atoms with van der Waals surface area (Å²) in [7, 11) is 0. The molecule has 0 amide bonds. The molecule has 2 nitrogen and oxygen atoms in total. The van der Waals surface area contributed by atoms with Crippen molar-refractivity contribution < 1.29 is 0 Å². The quantitative estimate of drug-likeness (QED) is 0.160. The van der Waals surface area contributed by atoms with Crippen LogP contribution in [0.25, 0.3) is 63.6 Å². The van der Waals surface area contributed by atoms with Crippen LogP contribution in [0.2, 0.25) is 0 Å². The molecule has 0 aliphatic rings. The van der Waals surface area contributed by atoms with Gasteiger partial charge in [0.15, 0.2) is 0 Å². The first kappa shape index (κ1) is 33.2. The number of hydrogen-bond acceptors (Lipinski definition) is 3. The molecule has 57 heavy (non-hydrogen) atoms. The van der Waals surface area contributed by atoms with E-state index in [0.29, 0.717) is 0 Å². The molecule has 0 aliphatic heterocycles. The minimum Gasteiger partial charge on any atom is -0.310 e. The fourth-order valence-corrected chi connectivity index (χ4v) is 9.71. The largest absolute Gasteiger partial charge is 0.310 e. The van der Waals surface area contributed by atoms with Crippen LogP contribution in [0, 0.1) is 0 Å². The second-order valence-corrected chi connectivity index (χ2v) is 15.6. The molecule has 268 valence electrons. The zero-order valence-electron chi connectivity index (χ0n) is 31.1. The highest BCUT2D eigenvalue weighted by Gasteiger charge is 2.23. The van der Waals surface area contributed by atoms with Crippen molar-refractivity contribution in [3.8, 4) is 11.1 Å². The van der Waals surface area contributed by atoms with Gasteiger partial charge in [-0.25, -0.2) is 0 Å². The van der Waals surface area contributed by atoms with Gasteiger partial charge in [-0.15, -0.1) is 11.3 Å². The molecule has 0 radical (unpaired) electrons. The molecule has 0 bridgehead atoms. The van der Waals surface area contributed by atoms with Crippen LogP contribution in [0.5, 0.6) is 0 Å². The summed E-state index contributed by atoms with van der Waals surface area (Å²) in [6.45, 7) is 0. The van der Waals surface area contributed by atoms with E-state index in [-0.39, 0.29) is 0 Å². The van der Waals surface area contributed by atoms with E-state index in [1.54, 1.807) is 0 Å². The average Bonchev–Trinajstić information content (AvgIpc) is 3.67. The van der Waals surface area contributed by atoms with Gasteiger partial charge in [0.1, 0.15) is 0 Å². The summed E-state index contributed by atoms with van der Waals surface area (Å²) < 4.78 is 2.55. The van der Waals surface area contributed by atoms with E-state index in [2.05, 4.69) is 228 Å². The number of anilines is 6. The first-order valence-corrected chi connectivity index (χ1v) is 20.2. The SMILES string of the molecule is c1ccc(-c2ccc(N(c3ccc4ccccc4c3)c3cc(N(c4ccccc4)c4ccc5ccccc5c4)c4sc5c6ccccc6ccc5c4c3)cc2)cc1. The fraction of sp³-hybridized carbons (Fsp3) is 0.